The van der Waals surface area contributed by atoms with Gasteiger partial charge in [0.1, 0.15) is 0 Å². The molecule has 2 unspecified atom stereocenters. The Hall–Kier alpha value is -0.610. The van der Waals surface area contributed by atoms with Crippen molar-refractivity contribution in [3.63, 3.8) is 0 Å². The van der Waals surface area contributed by atoms with Crippen molar-refractivity contribution in [2.75, 3.05) is 13.7 Å². The minimum atomic E-state index is -0.111. The minimum Gasteiger partial charge on any atom is -0.394 e. The lowest BCUT2D eigenvalue weighted by atomic mass is 10.1. The van der Waals surface area contributed by atoms with Crippen molar-refractivity contribution >= 4 is 5.91 Å². The molecule has 13 heavy (non-hydrogen) atoms. The van der Waals surface area contributed by atoms with Gasteiger partial charge in [0.05, 0.1) is 12.6 Å². The third kappa shape index (κ3) is 4.85. The van der Waals surface area contributed by atoms with Gasteiger partial charge in [-0.25, -0.2) is 0 Å². The molecule has 0 aromatic rings. The zero-order valence-electron chi connectivity index (χ0n) is 8.66. The standard InChI is InChI=1S/C9H20N2O2/c1-7(10)4-5-9(13)11(3)8(2)6-12/h7-8,12H,4-6,10H2,1-3H3. The third-order valence-electron chi connectivity index (χ3n) is 2.13. The molecule has 0 aliphatic carbocycles. The predicted octanol–water partition coefficient (Wildman–Crippen LogP) is -0.0470. The molecule has 0 spiro atoms. The molecule has 0 rings (SSSR count). The zero-order valence-corrected chi connectivity index (χ0v) is 8.66. The molecule has 0 bridgehead atoms. The monoisotopic (exact) mass is 188 g/mol. The van der Waals surface area contributed by atoms with E-state index in [2.05, 4.69) is 0 Å². The van der Waals surface area contributed by atoms with E-state index in [0.29, 0.717) is 12.8 Å². The van der Waals surface area contributed by atoms with Gasteiger partial charge in [-0.15, -0.1) is 0 Å². The number of likely N-dealkylation sites (N-methyl/N-ethyl adjacent to an activating group) is 1. The van der Waals surface area contributed by atoms with E-state index < -0.39 is 0 Å². The maximum Gasteiger partial charge on any atom is 0.222 e. The number of nitrogens with two attached hydrogens (primary N) is 1. The van der Waals surface area contributed by atoms with Crippen LogP contribution in [0.2, 0.25) is 0 Å². The molecule has 0 fully saturated rings. The second kappa shape index (κ2) is 5.94. The highest BCUT2D eigenvalue weighted by Gasteiger charge is 2.14. The fourth-order valence-corrected chi connectivity index (χ4v) is 0.896. The summed E-state index contributed by atoms with van der Waals surface area (Å²) in [5.41, 5.74) is 5.53. The first-order chi connectivity index (χ1) is 5.99. The van der Waals surface area contributed by atoms with Gasteiger partial charge in [-0.2, -0.15) is 0 Å². The van der Waals surface area contributed by atoms with Crippen LogP contribution in [-0.2, 0) is 4.79 Å². The molecule has 0 aliphatic heterocycles. The van der Waals surface area contributed by atoms with Crippen molar-refractivity contribution in [2.24, 2.45) is 5.73 Å². The quantitative estimate of drug-likeness (QED) is 0.636. The van der Waals surface area contributed by atoms with Crippen LogP contribution in [0.15, 0.2) is 0 Å². The Morgan fingerprint density at radius 1 is 1.54 bits per heavy atom. The highest BCUT2D eigenvalue weighted by Crippen LogP contribution is 2.02. The topological polar surface area (TPSA) is 66.6 Å². The van der Waals surface area contributed by atoms with Gasteiger partial charge < -0.3 is 15.7 Å². The van der Waals surface area contributed by atoms with E-state index in [4.69, 9.17) is 10.8 Å². The SMILES string of the molecule is CC(N)CCC(=O)N(C)C(C)CO. The van der Waals surface area contributed by atoms with Gasteiger partial charge in [0.25, 0.3) is 0 Å². The molecule has 0 heterocycles. The zero-order chi connectivity index (χ0) is 10.4. The van der Waals surface area contributed by atoms with Crippen molar-refractivity contribution < 1.29 is 9.90 Å². The Labute approximate surface area is 79.7 Å². The number of rotatable bonds is 5. The Bertz CT molecular complexity index is 160. The van der Waals surface area contributed by atoms with Crippen molar-refractivity contribution in [2.45, 2.75) is 38.8 Å². The Morgan fingerprint density at radius 3 is 2.46 bits per heavy atom. The van der Waals surface area contributed by atoms with Gasteiger partial charge in [0, 0.05) is 19.5 Å². The molecule has 3 N–H and O–H groups in total. The fourth-order valence-electron chi connectivity index (χ4n) is 0.896. The molecule has 0 aliphatic rings. The Morgan fingerprint density at radius 2 is 2.08 bits per heavy atom. The van der Waals surface area contributed by atoms with E-state index in [9.17, 15) is 4.79 Å². The number of hydrogen-bond acceptors (Lipinski definition) is 3. The first kappa shape index (κ1) is 12.4. The number of nitrogens with zero attached hydrogens (tertiary/aromatic N) is 1. The second-order valence-corrected chi connectivity index (χ2v) is 3.55. The normalized spacial score (nSPS) is 15.2. The lowest BCUT2D eigenvalue weighted by molar-refractivity contribution is -0.132. The molecule has 0 saturated heterocycles. The number of aliphatic hydroxyl groups is 1. The molecule has 0 saturated carbocycles. The molecule has 0 aromatic heterocycles. The summed E-state index contributed by atoms with van der Waals surface area (Å²) in [5, 5.41) is 8.81. The van der Waals surface area contributed by atoms with Gasteiger partial charge >= 0.3 is 0 Å². The number of carbonyl (C=O) groups is 1. The molecule has 0 aromatic carbocycles. The van der Waals surface area contributed by atoms with Gasteiger partial charge in [0.15, 0.2) is 0 Å². The first-order valence-corrected chi connectivity index (χ1v) is 4.61. The van der Waals surface area contributed by atoms with E-state index in [-0.39, 0.29) is 24.6 Å². The van der Waals surface area contributed by atoms with Crippen LogP contribution in [0.1, 0.15) is 26.7 Å². The van der Waals surface area contributed by atoms with Gasteiger partial charge in [-0.3, -0.25) is 4.79 Å². The van der Waals surface area contributed by atoms with Crippen LogP contribution >= 0.6 is 0 Å². The maximum absolute atomic E-state index is 11.4. The van der Waals surface area contributed by atoms with Crippen LogP contribution in [0, 0.1) is 0 Å². The van der Waals surface area contributed by atoms with Crippen LogP contribution in [0.5, 0.6) is 0 Å². The lowest BCUT2D eigenvalue weighted by Crippen LogP contribution is -2.37. The lowest BCUT2D eigenvalue weighted by Gasteiger charge is -2.23. The minimum absolute atomic E-state index is 0.000415. The predicted molar refractivity (Wildman–Crippen MR) is 52.2 cm³/mol. The summed E-state index contributed by atoms with van der Waals surface area (Å²) < 4.78 is 0. The molecule has 0 radical (unpaired) electrons. The average molecular weight is 188 g/mol. The largest absolute Gasteiger partial charge is 0.394 e. The smallest absolute Gasteiger partial charge is 0.222 e. The van der Waals surface area contributed by atoms with Crippen molar-refractivity contribution in [1.29, 1.82) is 0 Å². The van der Waals surface area contributed by atoms with Crippen molar-refractivity contribution in [3.05, 3.63) is 0 Å². The summed E-state index contributed by atoms with van der Waals surface area (Å²) in [5.74, 6) is 0.0406. The third-order valence-corrected chi connectivity index (χ3v) is 2.13. The summed E-state index contributed by atoms with van der Waals surface area (Å²) in [4.78, 5) is 13.0. The number of hydrogen-bond donors (Lipinski definition) is 2. The van der Waals surface area contributed by atoms with E-state index >= 15 is 0 Å². The number of aliphatic hydroxyl groups excluding tert-OH is 1. The molecule has 2 atom stereocenters. The number of carbonyl (C=O) groups excluding carboxylic acids is 1. The molecular weight excluding hydrogens is 168 g/mol. The van der Waals surface area contributed by atoms with Crippen LogP contribution in [-0.4, -0.2) is 41.7 Å². The van der Waals surface area contributed by atoms with Gasteiger partial charge in [-0.1, -0.05) is 0 Å². The molecule has 4 nitrogen and oxygen atoms in total. The fraction of sp³-hybridized carbons (Fsp3) is 0.889. The average Bonchev–Trinajstić information content (AvgIpc) is 2.11. The number of amides is 1. The van der Waals surface area contributed by atoms with Gasteiger partial charge in [0.2, 0.25) is 5.91 Å². The highest BCUT2D eigenvalue weighted by molar-refractivity contribution is 5.76. The molecule has 1 amide bonds. The summed E-state index contributed by atoms with van der Waals surface area (Å²) in [6.45, 7) is 3.69. The summed E-state index contributed by atoms with van der Waals surface area (Å²) in [6.07, 6.45) is 1.15. The van der Waals surface area contributed by atoms with Crippen LogP contribution in [0.3, 0.4) is 0 Å². The van der Waals surface area contributed by atoms with E-state index in [0.717, 1.165) is 0 Å². The second-order valence-electron chi connectivity index (χ2n) is 3.55. The van der Waals surface area contributed by atoms with Crippen LogP contribution in [0.4, 0.5) is 0 Å². The first-order valence-electron chi connectivity index (χ1n) is 4.61. The summed E-state index contributed by atoms with van der Waals surface area (Å²) in [6, 6.07) is -0.0534. The van der Waals surface area contributed by atoms with Gasteiger partial charge in [-0.05, 0) is 20.3 Å². The Balaban J connectivity index is 3.82. The van der Waals surface area contributed by atoms with Crippen LogP contribution < -0.4 is 5.73 Å². The van der Waals surface area contributed by atoms with E-state index in [1.54, 1.807) is 11.9 Å². The summed E-state index contributed by atoms with van der Waals surface area (Å²) in [7, 11) is 1.70. The van der Waals surface area contributed by atoms with Crippen LogP contribution in [0.25, 0.3) is 0 Å². The van der Waals surface area contributed by atoms with Crippen molar-refractivity contribution in [3.8, 4) is 0 Å². The summed E-state index contributed by atoms with van der Waals surface area (Å²) >= 11 is 0. The molecule has 4 heteroatoms. The molecular formula is C9H20N2O2. The van der Waals surface area contributed by atoms with E-state index in [1.807, 2.05) is 13.8 Å². The van der Waals surface area contributed by atoms with Crippen molar-refractivity contribution in [1.82, 2.24) is 4.90 Å². The Kier molecular flexibility index (Phi) is 5.66. The van der Waals surface area contributed by atoms with E-state index in [1.165, 1.54) is 0 Å². The maximum atomic E-state index is 11.4. The molecule has 78 valence electrons. The highest BCUT2D eigenvalue weighted by atomic mass is 16.3.